The molecule has 0 bridgehead atoms. The number of carbonyl (C=O) groups is 1. The van der Waals surface area contributed by atoms with E-state index >= 15 is 0 Å². The fraction of sp³-hybridized carbons (Fsp3) is 0.762. The molecule has 0 aliphatic carbocycles. The van der Waals surface area contributed by atoms with E-state index < -0.39 is 0 Å². The van der Waals surface area contributed by atoms with Gasteiger partial charge in [0.15, 0.2) is 5.96 Å². The number of nitrogens with zero attached hydrogens (tertiary/aromatic N) is 4. The van der Waals surface area contributed by atoms with E-state index in [1.807, 2.05) is 0 Å². The van der Waals surface area contributed by atoms with Crippen molar-refractivity contribution in [3.8, 4) is 0 Å². The van der Waals surface area contributed by atoms with Crippen LogP contribution in [-0.4, -0.2) is 78.5 Å². The molecule has 0 unspecified atom stereocenters. The molecule has 1 aromatic heterocycles. The number of thiazole rings is 1. The Morgan fingerprint density at radius 2 is 1.93 bits per heavy atom. The summed E-state index contributed by atoms with van der Waals surface area (Å²) in [6, 6.07) is 0.398. The number of hydrogen-bond acceptors (Lipinski definition) is 6. The minimum atomic E-state index is -0.246. The van der Waals surface area contributed by atoms with E-state index in [4.69, 9.17) is 10.7 Å². The van der Waals surface area contributed by atoms with Gasteiger partial charge in [-0.2, -0.15) is 0 Å². The van der Waals surface area contributed by atoms with E-state index in [0.717, 1.165) is 69.6 Å². The number of likely N-dealkylation sites (tertiary alicyclic amines) is 2. The summed E-state index contributed by atoms with van der Waals surface area (Å²) in [4.78, 5) is 25.2. The quantitative estimate of drug-likeness (QED) is 0.419. The molecule has 0 atom stereocenters. The Balaban J connectivity index is 1.40. The normalized spacial score (nSPS) is 20.4. The number of rotatable bonds is 8. The van der Waals surface area contributed by atoms with Gasteiger partial charge in [-0.3, -0.25) is 19.6 Å². The van der Waals surface area contributed by atoms with Gasteiger partial charge in [-0.15, -0.1) is 11.3 Å². The topological polar surface area (TPSA) is 98.9 Å². The van der Waals surface area contributed by atoms with Crippen LogP contribution in [0.3, 0.4) is 0 Å². The standard InChI is InChI=1S/C21H37N7OS/c1-3-23-21(26-18-6-10-28(11-7-18)14-20(22)29)24-12-17-4-8-27(9-5-17)13-19-15-30-16(2)25-19/h15,17-18H,3-14H2,1-2H3,(H2,22,29)(H2,23,24,26). The molecule has 30 heavy (non-hydrogen) atoms. The molecule has 8 nitrogen and oxygen atoms in total. The van der Waals surface area contributed by atoms with Gasteiger partial charge in [-0.05, 0) is 58.5 Å². The zero-order chi connectivity index (χ0) is 21.3. The molecule has 9 heteroatoms. The molecular weight excluding hydrogens is 398 g/mol. The largest absolute Gasteiger partial charge is 0.369 e. The first-order valence-electron chi connectivity index (χ1n) is 11.2. The Morgan fingerprint density at radius 3 is 2.53 bits per heavy atom. The van der Waals surface area contributed by atoms with Gasteiger partial charge in [-0.1, -0.05) is 0 Å². The highest BCUT2D eigenvalue weighted by Gasteiger charge is 2.22. The molecule has 0 spiro atoms. The van der Waals surface area contributed by atoms with Crippen molar-refractivity contribution in [2.24, 2.45) is 16.6 Å². The third-order valence-electron chi connectivity index (χ3n) is 5.92. The van der Waals surface area contributed by atoms with Gasteiger partial charge in [-0.25, -0.2) is 4.98 Å². The number of carbonyl (C=O) groups excluding carboxylic acids is 1. The van der Waals surface area contributed by atoms with Crippen LogP contribution in [0.5, 0.6) is 0 Å². The molecule has 2 saturated heterocycles. The number of primary amides is 1. The van der Waals surface area contributed by atoms with Crippen molar-refractivity contribution in [2.75, 3.05) is 45.8 Å². The molecule has 0 saturated carbocycles. The number of hydrogen-bond donors (Lipinski definition) is 3. The van der Waals surface area contributed by atoms with Gasteiger partial charge in [0.2, 0.25) is 5.91 Å². The van der Waals surface area contributed by atoms with Crippen LogP contribution < -0.4 is 16.4 Å². The zero-order valence-electron chi connectivity index (χ0n) is 18.4. The van der Waals surface area contributed by atoms with E-state index in [9.17, 15) is 4.79 Å². The first-order valence-corrected chi connectivity index (χ1v) is 12.1. The second kappa shape index (κ2) is 11.6. The number of amides is 1. The maximum absolute atomic E-state index is 11.1. The summed E-state index contributed by atoms with van der Waals surface area (Å²) >= 11 is 1.73. The van der Waals surface area contributed by atoms with Gasteiger partial charge in [0, 0.05) is 44.1 Å². The molecule has 4 N–H and O–H groups in total. The van der Waals surface area contributed by atoms with Crippen molar-refractivity contribution in [3.05, 3.63) is 16.1 Å². The number of nitrogens with two attached hydrogens (primary N) is 1. The molecule has 1 amide bonds. The molecule has 168 valence electrons. The molecule has 3 rings (SSSR count). The van der Waals surface area contributed by atoms with E-state index in [1.54, 1.807) is 11.3 Å². The summed E-state index contributed by atoms with van der Waals surface area (Å²) in [5.74, 6) is 1.32. The molecule has 0 radical (unpaired) electrons. The van der Waals surface area contributed by atoms with E-state index in [-0.39, 0.29) is 5.91 Å². The summed E-state index contributed by atoms with van der Waals surface area (Å²) < 4.78 is 0. The second-order valence-electron chi connectivity index (χ2n) is 8.46. The number of aromatic nitrogens is 1. The van der Waals surface area contributed by atoms with Crippen LogP contribution in [-0.2, 0) is 11.3 Å². The first-order chi connectivity index (χ1) is 14.5. The first kappa shape index (κ1) is 23.0. The lowest BCUT2D eigenvalue weighted by molar-refractivity contribution is -0.119. The molecule has 1 aromatic rings. The molecule has 0 aromatic carbocycles. The van der Waals surface area contributed by atoms with Gasteiger partial charge < -0.3 is 16.4 Å². The molecule has 3 heterocycles. The van der Waals surface area contributed by atoms with Crippen molar-refractivity contribution < 1.29 is 4.79 Å². The van der Waals surface area contributed by atoms with Gasteiger partial charge in [0.1, 0.15) is 0 Å². The molecule has 2 aliphatic heterocycles. The van der Waals surface area contributed by atoms with Crippen LogP contribution in [0.1, 0.15) is 43.3 Å². The van der Waals surface area contributed by atoms with Crippen LogP contribution in [0.4, 0.5) is 0 Å². The summed E-state index contributed by atoms with van der Waals surface area (Å²) in [5, 5.41) is 10.3. The van der Waals surface area contributed by atoms with E-state index in [2.05, 4.69) is 44.6 Å². The van der Waals surface area contributed by atoms with Gasteiger partial charge >= 0.3 is 0 Å². The minimum Gasteiger partial charge on any atom is -0.369 e. The number of nitrogens with one attached hydrogen (secondary N) is 2. The van der Waals surface area contributed by atoms with Crippen LogP contribution in [0.25, 0.3) is 0 Å². The van der Waals surface area contributed by atoms with Crippen LogP contribution in [0, 0.1) is 12.8 Å². The third-order valence-corrected chi connectivity index (χ3v) is 6.74. The monoisotopic (exact) mass is 435 g/mol. The SMILES string of the molecule is CCNC(=NCC1CCN(Cc2csc(C)n2)CC1)NC1CCN(CC(N)=O)CC1. The van der Waals surface area contributed by atoms with Crippen LogP contribution >= 0.6 is 11.3 Å². The highest BCUT2D eigenvalue weighted by molar-refractivity contribution is 7.09. The molecule has 2 fully saturated rings. The van der Waals surface area contributed by atoms with Crippen molar-refractivity contribution in [1.29, 1.82) is 0 Å². The smallest absolute Gasteiger partial charge is 0.231 e. The van der Waals surface area contributed by atoms with Crippen molar-refractivity contribution in [1.82, 2.24) is 25.4 Å². The van der Waals surface area contributed by atoms with Crippen molar-refractivity contribution >= 4 is 23.2 Å². The fourth-order valence-corrected chi connectivity index (χ4v) is 4.83. The number of aryl methyl sites for hydroxylation is 1. The van der Waals surface area contributed by atoms with E-state index in [0.29, 0.717) is 18.5 Å². The van der Waals surface area contributed by atoms with Gasteiger partial charge in [0.25, 0.3) is 0 Å². The minimum absolute atomic E-state index is 0.246. The highest BCUT2D eigenvalue weighted by atomic mass is 32.1. The Morgan fingerprint density at radius 1 is 1.23 bits per heavy atom. The number of piperidine rings is 2. The Bertz CT molecular complexity index is 691. The van der Waals surface area contributed by atoms with Crippen LogP contribution in [0.15, 0.2) is 10.4 Å². The maximum Gasteiger partial charge on any atom is 0.231 e. The summed E-state index contributed by atoms with van der Waals surface area (Å²) in [6.45, 7) is 11.3. The fourth-order valence-electron chi connectivity index (χ4n) is 4.23. The Kier molecular flexibility index (Phi) is 8.89. The lowest BCUT2D eigenvalue weighted by atomic mass is 9.97. The Labute approximate surface area is 184 Å². The third kappa shape index (κ3) is 7.52. The average Bonchev–Trinajstić information content (AvgIpc) is 3.13. The lowest BCUT2D eigenvalue weighted by Crippen LogP contribution is -2.50. The van der Waals surface area contributed by atoms with Crippen LogP contribution in [0.2, 0.25) is 0 Å². The highest BCUT2D eigenvalue weighted by Crippen LogP contribution is 2.20. The van der Waals surface area contributed by atoms with Crippen molar-refractivity contribution in [3.63, 3.8) is 0 Å². The predicted molar refractivity (Wildman–Crippen MR) is 123 cm³/mol. The average molecular weight is 436 g/mol. The lowest BCUT2D eigenvalue weighted by Gasteiger charge is -2.33. The number of guanidine groups is 1. The van der Waals surface area contributed by atoms with Gasteiger partial charge in [0.05, 0.1) is 17.2 Å². The van der Waals surface area contributed by atoms with E-state index in [1.165, 1.54) is 18.5 Å². The molecular formula is C21H37N7OS. The summed E-state index contributed by atoms with van der Waals surface area (Å²) in [7, 11) is 0. The summed E-state index contributed by atoms with van der Waals surface area (Å²) in [5.41, 5.74) is 6.51. The Hall–Kier alpha value is -1.71. The number of aliphatic imine (C=N–C) groups is 1. The maximum atomic E-state index is 11.1. The molecule has 2 aliphatic rings. The summed E-state index contributed by atoms with van der Waals surface area (Å²) in [6.07, 6.45) is 4.40. The predicted octanol–water partition coefficient (Wildman–Crippen LogP) is 1.17. The van der Waals surface area contributed by atoms with Crippen molar-refractivity contribution in [2.45, 2.75) is 52.1 Å². The second-order valence-corrected chi connectivity index (χ2v) is 9.52. The zero-order valence-corrected chi connectivity index (χ0v) is 19.2.